The number of cyclic esters (lactones) is 1. The Bertz CT molecular complexity index is 836. The van der Waals surface area contributed by atoms with Gasteiger partial charge in [0.05, 0.1) is 12.5 Å². The minimum Gasteiger partial charge on any atom is -0.462 e. The molecule has 1 aromatic carbocycles. The van der Waals surface area contributed by atoms with Crippen molar-refractivity contribution in [3.05, 3.63) is 52.9 Å². The van der Waals surface area contributed by atoms with Crippen molar-refractivity contribution in [3.63, 3.8) is 0 Å². The van der Waals surface area contributed by atoms with Gasteiger partial charge >= 0.3 is 5.97 Å². The Morgan fingerprint density at radius 2 is 2.00 bits per heavy atom. The van der Waals surface area contributed by atoms with Crippen molar-refractivity contribution in [3.8, 4) is 0 Å². The van der Waals surface area contributed by atoms with Crippen LogP contribution in [-0.4, -0.2) is 23.3 Å². The van der Waals surface area contributed by atoms with Crippen LogP contribution in [0.5, 0.6) is 0 Å². The van der Waals surface area contributed by atoms with Crippen LogP contribution in [0.4, 0.5) is 4.39 Å². The molecule has 4 rings (SSSR count). The number of aliphatic hydroxyl groups excluding tert-OH is 1. The average Bonchev–Trinajstić information content (AvgIpc) is 3.13. The van der Waals surface area contributed by atoms with Gasteiger partial charge in [-0.2, -0.15) is 0 Å². The number of allylic oxidation sites excluding steroid dienone is 4. The molecule has 0 aromatic heterocycles. The maximum atomic E-state index is 13.5. The summed E-state index contributed by atoms with van der Waals surface area (Å²) in [7, 11) is 0. The fraction of sp³-hybridized carbons (Fsp3) is 0.542. The second-order valence-corrected chi connectivity index (χ2v) is 8.98. The number of halogens is 1. The van der Waals surface area contributed by atoms with Crippen LogP contribution in [0.2, 0.25) is 0 Å². The summed E-state index contributed by atoms with van der Waals surface area (Å²) < 4.78 is 19.0. The molecule has 1 aromatic rings. The van der Waals surface area contributed by atoms with Gasteiger partial charge in [-0.05, 0) is 55.4 Å². The molecular weight excluding hydrogens is 355 g/mol. The minimum absolute atomic E-state index is 0.0236. The second-order valence-electron chi connectivity index (χ2n) is 8.98. The number of hydrogen-bond acceptors (Lipinski definition) is 3. The highest BCUT2D eigenvalue weighted by Gasteiger charge is 2.51. The molecule has 0 amide bonds. The minimum atomic E-state index is -0.599. The molecule has 0 radical (unpaired) electrons. The molecule has 0 spiro atoms. The van der Waals surface area contributed by atoms with Crippen LogP contribution < -0.4 is 0 Å². The van der Waals surface area contributed by atoms with E-state index in [0.717, 1.165) is 24.8 Å². The first-order valence-electron chi connectivity index (χ1n) is 10.4. The first-order chi connectivity index (χ1) is 13.3. The van der Waals surface area contributed by atoms with E-state index in [-0.39, 0.29) is 29.7 Å². The molecule has 3 nitrogen and oxygen atoms in total. The number of aliphatic hydroxyl groups is 1. The number of rotatable bonds is 5. The topological polar surface area (TPSA) is 46.5 Å². The Kier molecular flexibility index (Phi) is 4.95. The van der Waals surface area contributed by atoms with Crippen LogP contribution in [0, 0.1) is 23.1 Å². The van der Waals surface area contributed by atoms with Gasteiger partial charge in [-0.15, -0.1) is 0 Å². The van der Waals surface area contributed by atoms with Gasteiger partial charge in [0.15, 0.2) is 0 Å². The molecule has 150 valence electrons. The van der Waals surface area contributed by atoms with E-state index in [1.165, 1.54) is 28.9 Å². The zero-order chi connectivity index (χ0) is 20.1. The molecule has 2 aliphatic carbocycles. The summed E-state index contributed by atoms with van der Waals surface area (Å²) in [6, 6.07) is 6.84. The molecule has 1 aliphatic heterocycles. The quantitative estimate of drug-likeness (QED) is 0.571. The number of fused-ring (bicyclic) bond motifs is 2. The summed E-state index contributed by atoms with van der Waals surface area (Å²) >= 11 is 0. The summed E-state index contributed by atoms with van der Waals surface area (Å²) in [4.78, 5) is 11.7. The van der Waals surface area contributed by atoms with Gasteiger partial charge < -0.3 is 9.84 Å². The average molecular weight is 384 g/mol. The Balaban J connectivity index is 1.68. The molecule has 2 bridgehead atoms. The number of carbonyl (C=O) groups excluding carboxylic acids is 1. The third kappa shape index (κ3) is 3.22. The summed E-state index contributed by atoms with van der Waals surface area (Å²) in [5.74, 6) is 0.309. The maximum Gasteiger partial charge on any atom is 0.308 e. The maximum absolute atomic E-state index is 13.5. The van der Waals surface area contributed by atoms with Crippen LogP contribution >= 0.6 is 0 Å². The largest absolute Gasteiger partial charge is 0.462 e. The zero-order valence-electron chi connectivity index (χ0n) is 16.9. The van der Waals surface area contributed by atoms with Gasteiger partial charge in [0.1, 0.15) is 11.9 Å². The normalized spacial score (nSPS) is 32.1. The highest BCUT2D eigenvalue weighted by atomic mass is 19.1. The smallest absolute Gasteiger partial charge is 0.308 e. The second kappa shape index (κ2) is 7.14. The van der Waals surface area contributed by atoms with Crippen molar-refractivity contribution < 1.29 is 19.0 Å². The lowest BCUT2D eigenvalue weighted by Gasteiger charge is -2.35. The van der Waals surface area contributed by atoms with Gasteiger partial charge in [0.25, 0.3) is 0 Å². The third-order valence-corrected chi connectivity index (χ3v) is 6.95. The Morgan fingerprint density at radius 1 is 1.29 bits per heavy atom. The van der Waals surface area contributed by atoms with Crippen LogP contribution in [0.1, 0.15) is 58.4 Å². The molecule has 1 N–H and O–H groups in total. The Morgan fingerprint density at radius 3 is 2.64 bits per heavy atom. The molecule has 2 unspecified atom stereocenters. The number of esters is 1. The number of carbonyl (C=O) groups is 1. The monoisotopic (exact) mass is 384 g/mol. The van der Waals surface area contributed by atoms with Crippen molar-refractivity contribution >= 4 is 11.5 Å². The standard InChI is InChI=1S/C24H29FO3/c1-14(2)24-12-15(3)20(13-24)23(16-4-6-17(25)7-5-16)21(24)9-8-19-10-18(26)11-22(27)28-19/h4-7,12,14,18-20,26H,8-11,13H2,1-3H3/t18-,19-,20?,24?/m1/s1. The molecule has 4 heteroatoms. The van der Waals surface area contributed by atoms with Gasteiger partial charge in [-0.25, -0.2) is 4.39 Å². The first-order valence-corrected chi connectivity index (χ1v) is 10.4. The molecule has 28 heavy (non-hydrogen) atoms. The van der Waals surface area contributed by atoms with E-state index in [1.54, 1.807) is 0 Å². The molecular formula is C24H29FO3. The lowest BCUT2D eigenvalue weighted by Crippen LogP contribution is -2.33. The molecule has 4 atom stereocenters. The molecule has 1 heterocycles. The fourth-order valence-corrected chi connectivity index (χ4v) is 5.53. The van der Waals surface area contributed by atoms with E-state index in [9.17, 15) is 14.3 Å². The van der Waals surface area contributed by atoms with Gasteiger partial charge in [0, 0.05) is 17.8 Å². The van der Waals surface area contributed by atoms with Crippen LogP contribution in [0.3, 0.4) is 0 Å². The van der Waals surface area contributed by atoms with Crippen LogP contribution in [-0.2, 0) is 9.53 Å². The molecule has 3 aliphatic rings. The summed E-state index contributed by atoms with van der Waals surface area (Å²) in [5.41, 5.74) is 5.25. The summed E-state index contributed by atoms with van der Waals surface area (Å²) in [5, 5.41) is 9.92. The summed E-state index contributed by atoms with van der Waals surface area (Å²) in [6.45, 7) is 6.74. The van der Waals surface area contributed by atoms with Crippen molar-refractivity contribution in [2.24, 2.45) is 17.3 Å². The van der Waals surface area contributed by atoms with E-state index in [4.69, 9.17) is 4.74 Å². The van der Waals surface area contributed by atoms with Crippen molar-refractivity contribution in [1.29, 1.82) is 0 Å². The van der Waals surface area contributed by atoms with E-state index in [0.29, 0.717) is 18.3 Å². The highest BCUT2D eigenvalue weighted by molar-refractivity contribution is 5.79. The fourth-order valence-electron chi connectivity index (χ4n) is 5.53. The molecule has 1 fully saturated rings. The van der Waals surface area contributed by atoms with E-state index >= 15 is 0 Å². The SMILES string of the molecule is CC1=CC2(C(C)C)CC1C(c1ccc(F)cc1)=C2CC[C@@H]1C[C@@H](O)CC(=O)O1. The highest BCUT2D eigenvalue weighted by Crippen LogP contribution is 2.63. The van der Waals surface area contributed by atoms with Crippen LogP contribution in [0.25, 0.3) is 5.57 Å². The van der Waals surface area contributed by atoms with E-state index in [1.807, 2.05) is 12.1 Å². The Labute approximate surface area is 166 Å². The lowest BCUT2D eigenvalue weighted by atomic mass is 9.70. The van der Waals surface area contributed by atoms with E-state index < -0.39 is 6.10 Å². The molecule has 1 saturated heterocycles. The van der Waals surface area contributed by atoms with Crippen molar-refractivity contribution in [1.82, 2.24) is 0 Å². The van der Waals surface area contributed by atoms with Gasteiger partial charge in [-0.1, -0.05) is 43.2 Å². The van der Waals surface area contributed by atoms with Gasteiger partial charge in [0.2, 0.25) is 0 Å². The lowest BCUT2D eigenvalue weighted by molar-refractivity contribution is -0.160. The summed E-state index contributed by atoms with van der Waals surface area (Å²) in [6.07, 6.45) is 4.84. The number of ether oxygens (including phenoxy) is 1. The Hall–Kier alpha value is -1.94. The van der Waals surface area contributed by atoms with Crippen molar-refractivity contribution in [2.75, 3.05) is 0 Å². The number of hydrogen-bond donors (Lipinski definition) is 1. The first kappa shape index (κ1) is 19.4. The molecule has 0 saturated carbocycles. The van der Waals surface area contributed by atoms with Crippen molar-refractivity contribution in [2.45, 2.75) is 65.1 Å². The third-order valence-electron chi connectivity index (χ3n) is 6.95. The number of benzene rings is 1. The zero-order valence-corrected chi connectivity index (χ0v) is 16.9. The van der Waals surface area contributed by atoms with Gasteiger partial charge in [-0.3, -0.25) is 4.79 Å². The van der Waals surface area contributed by atoms with E-state index in [2.05, 4.69) is 26.8 Å². The predicted molar refractivity (Wildman–Crippen MR) is 107 cm³/mol. The predicted octanol–water partition coefficient (Wildman–Crippen LogP) is 5.05. The van der Waals surface area contributed by atoms with Crippen LogP contribution in [0.15, 0.2) is 41.5 Å².